The summed E-state index contributed by atoms with van der Waals surface area (Å²) >= 11 is 1.35. The lowest BCUT2D eigenvalue weighted by Crippen LogP contribution is -2.25. The van der Waals surface area contributed by atoms with Crippen molar-refractivity contribution in [2.45, 2.75) is 39.0 Å². The lowest BCUT2D eigenvalue weighted by atomic mass is 10.1. The van der Waals surface area contributed by atoms with Gasteiger partial charge in [-0.1, -0.05) is 36.5 Å². The normalized spacial score (nSPS) is 17.3. The minimum absolute atomic E-state index is 0.0198. The Bertz CT molecular complexity index is 759. The molecule has 0 aliphatic carbocycles. The Morgan fingerprint density at radius 1 is 1.38 bits per heavy atom. The summed E-state index contributed by atoms with van der Waals surface area (Å²) in [5, 5.41) is 12.3. The van der Waals surface area contributed by atoms with Crippen LogP contribution in [-0.4, -0.2) is 28.6 Å². The number of nitrogens with zero attached hydrogens (tertiary/aromatic N) is 3. The van der Waals surface area contributed by atoms with Crippen molar-refractivity contribution < 1.29 is 9.59 Å². The topological polar surface area (TPSA) is 75.2 Å². The molecule has 1 aliphatic heterocycles. The number of benzene rings is 1. The zero-order valence-electron chi connectivity index (χ0n) is 13.8. The van der Waals surface area contributed by atoms with Gasteiger partial charge in [-0.05, 0) is 25.0 Å². The fourth-order valence-corrected chi connectivity index (χ4v) is 3.68. The summed E-state index contributed by atoms with van der Waals surface area (Å²) in [6.45, 7) is 4.55. The number of rotatable bonds is 5. The summed E-state index contributed by atoms with van der Waals surface area (Å²) in [5.74, 6) is 0.0664. The molecule has 0 saturated carbocycles. The van der Waals surface area contributed by atoms with Crippen LogP contribution in [0, 0.1) is 6.92 Å². The number of aryl methyl sites for hydroxylation is 1. The van der Waals surface area contributed by atoms with Gasteiger partial charge in [0.1, 0.15) is 5.01 Å². The van der Waals surface area contributed by atoms with Gasteiger partial charge in [-0.25, -0.2) is 0 Å². The molecule has 1 fully saturated rings. The van der Waals surface area contributed by atoms with E-state index in [9.17, 15) is 9.59 Å². The number of carbonyl (C=O) groups is 2. The Kier molecular flexibility index (Phi) is 4.89. The summed E-state index contributed by atoms with van der Waals surface area (Å²) in [4.78, 5) is 25.8. The molecule has 3 rings (SSSR count). The van der Waals surface area contributed by atoms with E-state index in [4.69, 9.17) is 0 Å². The van der Waals surface area contributed by atoms with Crippen LogP contribution in [0.2, 0.25) is 0 Å². The number of anilines is 2. The second-order valence-electron chi connectivity index (χ2n) is 5.94. The van der Waals surface area contributed by atoms with Crippen molar-refractivity contribution in [1.82, 2.24) is 10.2 Å². The average Bonchev–Trinajstić information content (AvgIpc) is 3.15. The third-order valence-corrected chi connectivity index (χ3v) is 5.05. The maximum Gasteiger partial charge on any atom is 0.227 e. The Morgan fingerprint density at radius 3 is 2.92 bits per heavy atom. The molecule has 1 N–H and O–H groups in total. The maximum absolute atomic E-state index is 12.4. The predicted molar refractivity (Wildman–Crippen MR) is 94.3 cm³/mol. The number of para-hydroxylation sites is 1. The second kappa shape index (κ2) is 7.09. The van der Waals surface area contributed by atoms with Crippen molar-refractivity contribution in [3.63, 3.8) is 0 Å². The van der Waals surface area contributed by atoms with Crippen LogP contribution in [0.25, 0.3) is 0 Å². The zero-order chi connectivity index (χ0) is 17.1. The molecule has 1 aromatic carbocycles. The minimum Gasteiger partial charge on any atom is -0.311 e. The van der Waals surface area contributed by atoms with E-state index in [-0.39, 0.29) is 17.7 Å². The quantitative estimate of drug-likeness (QED) is 0.904. The van der Waals surface area contributed by atoms with Crippen LogP contribution >= 0.6 is 11.3 Å². The fourth-order valence-electron chi connectivity index (χ4n) is 2.83. The third-order valence-electron chi connectivity index (χ3n) is 4.04. The highest BCUT2D eigenvalue weighted by Crippen LogP contribution is 2.35. The van der Waals surface area contributed by atoms with Crippen molar-refractivity contribution in [3.8, 4) is 0 Å². The van der Waals surface area contributed by atoms with Gasteiger partial charge >= 0.3 is 0 Å². The largest absolute Gasteiger partial charge is 0.311 e. The van der Waals surface area contributed by atoms with Gasteiger partial charge in [0.25, 0.3) is 0 Å². The number of aromatic nitrogens is 2. The van der Waals surface area contributed by atoms with Crippen molar-refractivity contribution in [3.05, 3.63) is 34.8 Å². The van der Waals surface area contributed by atoms with Gasteiger partial charge in [0.05, 0.1) is 0 Å². The highest BCUT2D eigenvalue weighted by atomic mass is 32.1. The number of hydrogen-bond acceptors (Lipinski definition) is 5. The van der Waals surface area contributed by atoms with Crippen molar-refractivity contribution >= 4 is 34.0 Å². The molecule has 24 heavy (non-hydrogen) atoms. The zero-order valence-corrected chi connectivity index (χ0v) is 14.6. The highest BCUT2D eigenvalue weighted by molar-refractivity contribution is 7.15. The lowest BCUT2D eigenvalue weighted by Gasteiger charge is -2.18. The molecule has 1 saturated heterocycles. The van der Waals surface area contributed by atoms with E-state index in [0.717, 1.165) is 22.7 Å². The van der Waals surface area contributed by atoms with E-state index in [2.05, 4.69) is 15.5 Å². The molecule has 1 aliphatic rings. The van der Waals surface area contributed by atoms with Crippen molar-refractivity contribution in [1.29, 1.82) is 0 Å². The maximum atomic E-state index is 12.4. The van der Waals surface area contributed by atoms with Gasteiger partial charge in [-0.2, -0.15) is 0 Å². The number of nitrogens with one attached hydrogen (secondary N) is 1. The predicted octanol–water partition coefficient (Wildman–Crippen LogP) is 3.11. The highest BCUT2D eigenvalue weighted by Gasteiger charge is 2.34. The SMILES string of the molecule is CCCC(=O)Nc1nnc(C2CC(=O)N(c3ccccc3C)C2)s1. The molecule has 1 unspecified atom stereocenters. The first-order chi connectivity index (χ1) is 11.6. The summed E-state index contributed by atoms with van der Waals surface area (Å²) in [6, 6.07) is 7.87. The lowest BCUT2D eigenvalue weighted by molar-refractivity contribution is -0.117. The van der Waals surface area contributed by atoms with Crippen LogP contribution in [0.15, 0.2) is 24.3 Å². The van der Waals surface area contributed by atoms with Crippen molar-refractivity contribution in [2.24, 2.45) is 0 Å². The molecular weight excluding hydrogens is 324 g/mol. The number of carbonyl (C=O) groups excluding carboxylic acids is 2. The third kappa shape index (κ3) is 3.46. The van der Waals surface area contributed by atoms with Gasteiger partial charge in [-0.3, -0.25) is 9.59 Å². The van der Waals surface area contributed by atoms with Gasteiger partial charge in [-0.15, -0.1) is 10.2 Å². The average molecular weight is 344 g/mol. The van der Waals surface area contributed by atoms with Gasteiger partial charge in [0.15, 0.2) is 0 Å². The van der Waals surface area contributed by atoms with Crippen molar-refractivity contribution in [2.75, 3.05) is 16.8 Å². The molecule has 1 atom stereocenters. The molecule has 2 amide bonds. The van der Waals surface area contributed by atoms with Gasteiger partial charge < -0.3 is 10.2 Å². The van der Waals surface area contributed by atoms with Crippen LogP contribution in [0.3, 0.4) is 0 Å². The monoisotopic (exact) mass is 344 g/mol. The smallest absolute Gasteiger partial charge is 0.227 e. The molecule has 0 radical (unpaired) electrons. The first-order valence-electron chi connectivity index (χ1n) is 8.07. The number of hydrogen-bond donors (Lipinski definition) is 1. The van der Waals surface area contributed by atoms with E-state index >= 15 is 0 Å². The molecule has 0 bridgehead atoms. The van der Waals surface area contributed by atoms with E-state index in [1.165, 1.54) is 11.3 Å². The Morgan fingerprint density at radius 2 is 2.17 bits per heavy atom. The fraction of sp³-hybridized carbons (Fsp3) is 0.412. The minimum atomic E-state index is -0.0516. The van der Waals surface area contributed by atoms with Crippen LogP contribution in [0.5, 0.6) is 0 Å². The Labute approximate surface area is 144 Å². The molecule has 2 aromatic rings. The molecule has 7 heteroatoms. The molecule has 1 aromatic heterocycles. The molecule has 2 heterocycles. The Hall–Kier alpha value is -2.28. The standard InChI is InChI=1S/C17H20N4O2S/c1-3-6-14(22)18-17-20-19-16(24-17)12-9-15(23)21(10-12)13-8-5-4-7-11(13)2/h4-5,7-8,12H,3,6,9-10H2,1-2H3,(H,18,20,22). The van der Waals surface area contributed by atoms with Crippen LogP contribution in [0.1, 0.15) is 42.7 Å². The summed E-state index contributed by atoms with van der Waals surface area (Å²) < 4.78 is 0. The molecular formula is C17H20N4O2S. The molecule has 126 valence electrons. The van der Waals surface area contributed by atoms with E-state index < -0.39 is 0 Å². The summed E-state index contributed by atoms with van der Waals surface area (Å²) in [6.07, 6.45) is 1.68. The first kappa shape index (κ1) is 16.6. The second-order valence-corrected chi connectivity index (χ2v) is 6.94. The van der Waals surface area contributed by atoms with E-state index in [1.807, 2.05) is 43.0 Å². The van der Waals surface area contributed by atoms with Gasteiger partial charge in [0.2, 0.25) is 16.9 Å². The Balaban J connectivity index is 1.71. The van der Waals surface area contributed by atoms with Gasteiger partial charge in [0, 0.05) is 31.0 Å². The summed E-state index contributed by atoms with van der Waals surface area (Å²) in [5.41, 5.74) is 2.03. The van der Waals surface area contributed by atoms with Crippen LogP contribution in [0.4, 0.5) is 10.8 Å². The van der Waals surface area contributed by atoms with E-state index in [0.29, 0.717) is 24.5 Å². The van der Waals surface area contributed by atoms with E-state index in [1.54, 1.807) is 0 Å². The summed E-state index contributed by atoms with van der Waals surface area (Å²) in [7, 11) is 0. The number of amides is 2. The molecule has 6 nitrogen and oxygen atoms in total. The van der Waals surface area contributed by atoms with Crippen LogP contribution < -0.4 is 10.2 Å². The molecule has 0 spiro atoms. The van der Waals surface area contributed by atoms with Crippen LogP contribution in [-0.2, 0) is 9.59 Å². The first-order valence-corrected chi connectivity index (χ1v) is 8.89.